The van der Waals surface area contributed by atoms with Crippen LogP contribution in [0.4, 0.5) is 13.2 Å². The van der Waals surface area contributed by atoms with Crippen LogP contribution in [0.5, 0.6) is 17.2 Å². The fraction of sp³-hybridized carbons (Fsp3) is 0.292. The van der Waals surface area contributed by atoms with Gasteiger partial charge in [-0.25, -0.2) is 9.97 Å². The van der Waals surface area contributed by atoms with E-state index in [9.17, 15) is 28.2 Å². The molecule has 1 aliphatic rings. The number of nitrogens with one attached hydrogen (secondary N) is 2. The molecule has 2 atom stereocenters. The number of carbonyl (C=O) groups excluding carboxylic acids is 1. The average Bonchev–Trinajstić information content (AvgIpc) is 3.27. The summed E-state index contributed by atoms with van der Waals surface area (Å²) in [6.07, 6.45) is -5.32. The number of hydrogen-bond donors (Lipinski definition) is 4. The number of rotatable bonds is 9. The Balaban J connectivity index is 1.48. The maximum atomic E-state index is 12.3. The molecular weight excluding hydrogens is 481 g/mol. The van der Waals surface area contributed by atoms with Crippen LogP contribution in [0.25, 0.3) is 11.4 Å². The summed E-state index contributed by atoms with van der Waals surface area (Å²) in [6, 6.07) is 12.9. The van der Waals surface area contributed by atoms with Crippen molar-refractivity contribution in [3.63, 3.8) is 0 Å². The lowest BCUT2D eigenvalue weighted by molar-refractivity contribution is -0.274. The number of carbonyl (C=O) groups is 1. The Kier molecular flexibility index (Phi) is 7.67. The first kappa shape index (κ1) is 25.4. The van der Waals surface area contributed by atoms with Gasteiger partial charge in [0.15, 0.2) is 5.82 Å². The van der Waals surface area contributed by atoms with E-state index in [1.54, 1.807) is 30.3 Å². The quantitative estimate of drug-likeness (QED) is 0.351. The van der Waals surface area contributed by atoms with Crippen LogP contribution in [0, 0.1) is 0 Å². The molecule has 1 fully saturated rings. The van der Waals surface area contributed by atoms with Gasteiger partial charge in [0.05, 0.1) is 24.0 Å². The van der Waals surface area contributed by atoms with Crippen LogP contribution in [-0.2, 0) is 11.3 Å². The Morgan fingerprint density at radius 1 is 1.06 bits per heavy atom. The first-order chi connectivity index (χ1) is 17.2. The van der Waals surface area contributed by atoms with Crippen LogP contribution < -0.4 is 20.1 Å². The number of amides is 1. The molecule has 36 heavy (non-hydrogen) atoms. The number of ether oxygens (including phenoxy) is 2. The number of nitrogens with zero attached hydrogens (tertiary/aromatic N) is 2. The van der Waals surface area contributed by atoms with E-state index in [4.69, 9.17) is 4.74 Å². The first-order valence-electron chi connectivity index (χ1n) is 11.0. The zero-order valence-corrected chi connectivity index (χ0v) is 18.8. The second-order valence-electron chi connectivity index (χ2n) is 7.96. The van der Waals surface area contributed by atoms with E-state index >= 15 is 0 Å². The normalized spacial score (nSPS) is 16.5. The summed E-state index contributed by atoms with van der Waals surface area (Å²) >= 11 is 0. The standard InChI is InChI=1S/C24H23F3N4O5/c25-24(26,27)36-18-7-5-17(6-8-18)35-16-3-1-14(2-4-16)22-30-15(11-20(31-22)21(33)13-32)12-29-19-9-10-28-23(19)34/h1-8,11,19,21,29,32-33H,9-10,12-13H2,(H,28,34)/t19-,21+/m0/s1. The van der Waals surface area contributed by atoms with E-state index < -0.39 is 19.1 Å². The summed E-state index contributed by atoms with van der Waals surface area (Å²) in [5.74, 6) is 0.590. The van der Waals surface area contributed by atoms with Crippen molar-refractivity contribution in [2.75, 3.05) is 13.2 Å². The van der Waals surface area contributed by atoms with Crippen molar-refractivity contribution in [3.05, 3.63) is 66.0 Å². The average molecular weight is 504 g/mol. The zero-order chi connectivity index (χ0) is 25.7. The van der Waals surface area contributed by atoms with Crippen molar-refractivity contribution >= 4 is 5.91 Å². The minimum absolute atomic E-state index is 0.0852. The minimum atomic E-state index is -4.77. The van der Waals surface area contributed by atoms with Crippen LogP contribution in [0.1, 0.15) is 23.9 Å². The Morgan fingerprint density at radius 2 is 1.69 bits per heavy atom. The zero-order valence-electron chi connectivity index (χ0n) is 18.8. The van der Waals surface area contributed by atoms with Crippen LogP contribution >= 0.6 is 0 Å². The molecule has 2 heterocycles. The Labute approximate surface area is 203 Å². The number of aliphatic hydroxyl groups excluding tert-OH is 2. The molecule has 2 aromatic carbocycles. The summed E-state index contributed by atoms with van der Waals surface area (Å²) in [5, 5.41) is 25.4. The molecule has 0 aliphatic carbocycles. The number of aliphatic hydroxyl groups is 2. The van der Waals surface area contributed by atoms with Gasteiger partial charge < -0.3 is 30.3 Å². The lowest BCUT2D eigenvalue weighted by Gasteiger charge is -2.14. The SMILES string of the molecule is O=C1NCC[C@@H]1NCc1cc([C@H](O)CO)nc(-c2ccc(Oc3ccc(OC(F)(F)F)cc3)cc2)n1. The van der Waals surface area contributed by atoms with E-state index in [0.717, 1.165) is 12.1 Å². The van der Waals surface area contributed by atoms with E-state index in [-0.39, 0.29) is 29.9 Å². The van der Waals surface area contributed by atoms with Gasteiger partial charge in [0.1, 0.15) is 23.4 Å². The highest BCUT2D eigenvalue weighted by atomic mass is 19.4. The summed E-state index contributed by atoms with van der Waals surface area (Å²) < 4.78 is 46.4. The second-order valence-corrected chi connectivity index (χ2v) is 7.96. The fourth-order valence-corrected chi connectivity index (χ4v) is 3.54. The van der Waals surface area contributed by atoms with Gasteiger partial charge in [0.25, 0.3) is 0 Å². The van der Waals surface area contributed by atoms with Gasteiger partial charge in [-0.3, -0.25) is 4.79 Å². The van der Waals surface area contributed by atoms with Crippen molar-refractivity contribution in [2.45, 2.75) is 31.5 Å². The van der Waals surface area contributed by atoms with Crippen molar-refractivity contribution < 1.29 is 37.7 Å². The number of benzene rings is 2. The van der Waals surface area contributed by atoms with E-state index in [1.807, 2.05) is 0 Å². The molecule has 1 saturated heterocycles. The third kappa shape index (κ3) is 6.68. The topological polar surface area (TPSA) is 126 Å². The highest BCUT2D eigenvalue weighted by molar-refractivity contribution is 5.83. The minimum Gasteiger partial charge on any atom is -0.457 e. The molecule has 1 aromatic heterocycles. The van der Waals surface area contributed by atoms with Crippen LogP contribution in [0.15, 0.2) is 54.6 Å². The fourth-order valence-electron chi connectivity index (χ4n) is 3.54. The summed E-state index contributed by atoms with van der Waals surface area (Å²) in [5.41, 5.74) is 1.36. The molecule has 0 bridgehead atoms. The highest BCUT2D eigenvalue weighted by Crippen LogP contribution is 2.28. The monoisotopic (exact) mass is 504 g/mol. The van der Waals surface area contributed by atoms with Gasteiger partial charge in [0.2, 0.25) is 5.91 Å². The van der Waals surface area contributed by atoms with Gasteiger partial charge in [-0.2, -0.15) is 0 Å². The Hall–Kier alpha value is -3.74. The second kappa shape index (κ2) is 10.9. The molecule has 190 valence electrons. The maximum Gasteiger partial charge on any atom is 0.573 e. The molecule has 1 aliphatic heterocycles. The Bertz CT molecular complexity index is 1190. The van der Waals surface area contributed by atoms with Gasteiger partial charge >= 0.3 is 6.36 Å². The predicted molar refractivity (Wildman–Crippen MR) is 121 cm³/mol. The van der Waals surface area contributed by atoms with Crippen molar-refractivity contribution in [1.82, 2.24) is 20.6 Å². The van der Waals surface area contributed by atoms with Gasteiger partial charge in [-0.1, -0.05) is 0 Å². The molecule has 3 aromatic rings. The maximum absolute atomic E-state index is 12.3. The van der Waals surface area contributed by atoms with Gasteiger partial charge in [0, 0.05) is 18.7 Å². The molecule has 4 rings (SSSR count). The first-order valence-corrected chi connectivity index (χ1v) is 11.0. The molecule has 0 unspecified atom stereocenters. The molecular formula is C24H23F3N4O5. The number of halogens is 3. The lowest BCUT2D eigenvalue weighted by atomic mass is 10.1. The van der Waals surface area contributed by atoms with E-state index in [2.05, 4.69) is 25.3 Å². The smallest absolute Gasteiger partial charge is 0.457 e. The number of hydrogen-bond acceptors (Lipinski definition) is 8. The molecule has 9 nitrogen and oxygen atoms in total. The van der Waals surface area contributed by atoms with Crippen LogP contribution in [0.3, 0.4) is 0 Å². The predicted octanol–water partition coefficient (Wildman–Crippen LogP) is 2.84. The number of aromatic nitrogens is 2. The number of alkyl halides is 3. The third-order valence-electron chi connectivity index (χ3n) is 5.30. The third-order valence-corrected chi connectivity index (χ3v) is 5.30. The van der Waals surface area contributed by atoms with Crippen LogP contribution in [-0.4, -0.2) is 51.6 Å². The molecule has 12 heteroatoms. The van der Waals surface area contributed by atoms with Gasteiger partial charge in [-0.05, 0) is 61.0 Å². The van der Waals surface area contributed by atoms with Crippen molar-refractivity contribution in [3.8, 4) is 28.6 Å². The van der Waals surface area contributed by atoms with Gasteiger partial charge in [-0.15, -0.1) is 13.2 Å². The Morgan fingerprint density at radius 3 is 2.28 bits per heavy atom. The molecule has 1 amide bonds. The summed E-state index contributed by atoms with van der Waals surface area (Å²) in [7, 11) is 0. The van der Waals surface area contributed by atoms with Crippen molar-refractivity contribution in [2.24, 2.45) is 0 Å². The molecule has 0 radical (unpaired) electrons. The summed E-state index contributed by atoms with van der Waals surface area (Å²) in [6.45, 7) is 0.335. The molecule has 0 spiro atoms. The molecule has 0 saturated carbocycles. The highest BCUT2D eigenvalue weighted by Gasteiger charge is 2.31. The van der Waals surface area contributed by atoms with Crippen LogP contribution in [0.2, 0.25) is 0 Å². The largest absolute Gasteiger partial charge is 0.573 e. The molecule has 4 N–H and O–H groups in total. The van der Waals surface area contributed by atoms with E-state index in [1.165, 1.54) is 12.1 Å². The lowest BCUT2D eigenvalue weighted by Crippen LogP contribution is -2.36. The van der Waals surface area contributed by atoms with E-state index in [0.29, 0.717) is 41.5 Å². The summed E-state index contributed by atoms with van der Waals surface area (Å²) in [4.78, 5) is 20.7. The van der Waals surface area contributed by atoms with Crippen molar-refractivity contribution in [1.29, 1.82) is 0 Å².